The van der Waals surface area contributed by atoms with Crippen molar-refractivity contribution in [2.45, 2.75) is 25.1 Å². The molecule has 0 radical (unpaired) electrons. The van der Waals surface area contributed by atoms with Crippen molar-refractivity contribution in [2.75, 3.05) is 6.54 Å². The molecule has 0 aromatic heterocycles. The van der Waals surface area contributed by atoms with Gasteiger partial charge in [-0.2, -0.15) is 0 Å². The van der Waals surface area contributed by atoms with E-state index in [9.17, 15) is 4.79 Å². The highest BCUT2D eigenvalue weighted by Crippen LogP contribution is 2.19. The van der Waals surface area contributed by atoms with Crippen LogP contribution in [0.5, 0.6) is 0 Å². The maximum Gasteiger partial charge on any atom is 0.251 e. The number of hydrogen-bond acceptors (Lipinski definition) is 1. The average molecular weight is 295 g/mol. The van der Waals surface area contributed by atoms with E-state index in [0.717, 1.165) is 12.8 Å². The standard InChI is InChI=1S/C12H14Cl3NO/c1-2-3-9(13)7-16-12(17)8-4-10(14)6-11(15)5-8/h4-6,9H,2-3,7H2,1H3,(H,16,17). The summed E-state index contributed by atoms with van der Waals surface area (Å²) in [6, 6.07) is 4.74. The quantitative estimate of drug-likeness (QED) is 0.813. The number of hydrogen-bond donors (Lipinski definition) is 1. The molecule has 1 aromatic rings. The van der Waals surface area contributed by atoms with Crippen LogP contribution in [-0.4, -0.2) is 17.8 Å². The van der Waals surface area contributed by atoms with E-state index in [1.165, 1.54) is 0 Å². The summed E-state index contributed by atoms with van der Waals surface area (Å²) in [5.74, 6) is -0.212. The van der Waals surface area contributed by atoms with E-state index in [4.69, 9.17) is 34.8 Å². The number of carbonyl (C=O) groups excluding carboxylic acids is 1. The minimum atomic E-state index is -0.212. The SMILES string of the molecule is CCCC(Cl)CNC(=O)c1cc(Cl)cc(Cl)c1. The van der Waals surface area contributed by atoms with Gasteiger partial charge in [-0.15, -0.1) is 11.6 Å². The first-order valence-corrected chi connectivity index (χ1v) is 6.60. The van der Waals surface area contributed by atoms with Crippen molar-refractivity contribution in [3.05, 3.63) is 33.8 Å². The number of rotatable bonds is 5. The first-order valence-electron chi connectivity index (χ1n) is 5.41. The second-order valence-electron chi connectivity index (χ2n) is 3.75. The van der Waals surface area contributed by atoms with Gasteiger partial charge in [0.05, 0.1) is 5.38 Å². The fourth-order valence-corrected chi connectivity index (χ4v) is 2.23. The van der Waals surface area contributed by atoms with Crippen LogP contribution in [0.15, 0.2) is 18.2 Å². The predicted octanol–water partition coefficient (Wildman–Crippen LogP) is 4.13. The number of nitrogens with one attached hydrogen (secondary N) is 1. The van der Waals surface area contributed by atoms with Gasteiger partial charge in [-0.25, -0.2) is 0 Å². The summed E-state index contributed by atoms with van der Waals surface area (Å²) >= 11 is 17.6. The van der Waals surface area contributed by atoms with E-state index >= 15 is 0 Å². The second-order valence-corrected chi connectivity index (χ2v) is 5.24. The maximum absolute atomic E-state index is 11.8. The Morgan fingerprint density at radius 1 is 1.29 bits per heavy atom. The number of benzene rings is 1. The van der Waals surface area contributed by atoms with E-state index in [0.29, 0.717) is 22.2 Å². The molecule has 0 fully saturated rings. The molecule has 1 N–H and O–H groups in total. The molecule has 0 heterocycles. The lowest BCUT2D eigenvalue weighted by Gasteiger charge is -2.10. The van der Waals surface area contributed by atoms with Crippen molar-refractivity contribution in [1.29, 1.82) is 0 Å². The number of amides is 1. The summed E-state index contributed by atoms with van der Waals surface area (Å²) in [6.07, 6.45) is 1.87. The Hall–Kier alpha value is -0.440. The van der Waals surface area contributed by atoms with Crippen LogP contribution < -0.4 is 5.32 Å². The Kier molecular flexibility index (Phi) is 6.10. The average Bonchev–Trinajstić information content (AvgIpc) is 2.25. The van der Waals surface area contributed by atoms with Gasteiger partial charge in [-0.05, 0) is 24.6 Å². The van der Waals surface area contributed by atoms with Gasteiger partial charge in [-0.3, -0.25) is 4.79 Å². The highest BCUT2D eigenvalue weighted by molar-refractivity contribution is 6.35. The van der Waals surface area contributed by atoms with Crippen LogP contribution in [0.3, 0.4) is 0 Å². The molecule has 0 saturated carbocycles. The molecule has 0 bridgehead atoms. The van der Waals surface area contributed by atoms with Gasteiger partial charge >= 0.3 is 0 Å². The lowest BCUT2D eigenvalue weighted by atomic mass is 10.2. The zero-order valence-corrected chi connectivity index (χ0v) is 11.7. The van der Waals surface area contributed by atoms with E-state index in [2.05, 4.69) is 5.32 Å². The minimum absolute atomic E-state index is 0.0430. The van der Waals surface area contributed by atoms with Gasteiger partial charge in [-0.1, -0.05) is 36.5 Å². The fraction of sp³-hybridized carbons (Fsp3) is 0.417. The normalized spacial score (nSPS) is 12.2. The van der Waals surface area contributed by atoms with Crippen LogP contribution in [-0.2, 0) is 0 Å². The molecule has 1 amide bonds. The fourth-order valence-electron chi connectivity index (χ4n) is 1.41. The lowest BCUT2D eigenvalue weighted by molar-refractivity contribution is 0.0953. The number of halogens is 3. The van der Waals surface area contributed by atoms with Gasteiger partial charge in [0.25, 0.3) is 5.91 Å². The molecule has 5 heteroatoms. The maximum atomic E-state index is 11.8. The van der Waals surface area contributed by atoms with Gasteiger partial charge in [0.2, 0.25) is 0 Å². The molecule has 0 saturated heterocycles. The molecule has 0 aliphatic carbocycles. The summed E-state index contributed by atoms with van der Waals surface area (Å²) in [4.78, 5) is 11.8. The molecule has 0 aliphatic rings. The molecule has 1 atom stereocenters. The molecule has 94 valence electrons. The van der Waals surface area contributed by atoms with Gasteiger partial charge < -0.3 is 5.32 Å². The smallest absolute Gasteiger partial charge is 0.251 e. The summed E-state index contributed by atoms with van der Waals surface area (Å²) in [6.45, 7) is 2.49. The van der Waals surface area contributed by atoms with E-state index in [1.807, 2.05) is 6.92 Å². The third kappa shape index (κ3) is 5.15. The Morgan fingerprint density at radius 3 is 2.41 bits per heavy atom. The molecule has 1 unspecified atom stereocenters. The van der Waals surface area contributed by atoms with Gasteiger partial charge in [0.1, 0.15) is 0 Å². The van der Waals surface area contributed by atoms with Crippen molar-refractivity contribution < 1.29 is 4.79 Å². The monoisotopic (exact) mass is 293 g/mol. The van der Waals surface area contributed by atoms with E-state index in [1.54, 1.807) is 18.2 Å². The topological polar surface area (TPSA) is 29.1 Å². The molecule has 2 nitrogen and oxygen atoms in total. The highest BCUT2D eigenvalue weighted by atomic mass is 35.5. The molecule has 0 aliphatic heterocycles. The summed E-state index contributed by atoms with van der Waals surface area (Å²) in [5.41, 5.74) is 0.447. The molecule has 17 heavy (non-hydrogen) atoms. The molecule has 1 rings (SSSR count). The van der Waals surface area contributed by atoms with Crippen LogP contribution >= 0.6 is 34.8 Å². The van der Waals surface area contributed by atoms with Crippen molar-refractivity contribution in [1.82, 2.24) is 5.32 Å². The Bertz CT molecular complexity index is 375. The molecule has 0 spiro atoms. The summed E-state index contributed by atoms with van der Waals surface area (Å²) < 4.78 is 0. The minimum Gasteiger partial charge on any atom is -0.351 e. The van der Waals surface area contributed by atoms with Crippen LogP contribution in [0.25, 0.3) is 0 Å². The zero-order valence-electron chi connectivity index (χ0n) is 9.47. The first-order chi connectivity index (χ1) is 8.02. The second kappa shape index (κ2) is 7.10. The van der Waals surface area contributed by atoms with Gasteiger partial charge in [0.15, 0.2) is 0 Å². The Balaban J connectivity index is 2.58. The van der Waals surface area contributed by atoms with Crippen LogP contribution in [0.1, 0.15) is 30.1 Å². The van der Waals surface area contributed by atoms with E-state index < -0.39 is 0 Å². The third-order valence-corrected chi connectivity index (χ3v) is 3.02. The summed E-state index contributed by atoms with van der Waals surface area (Å²) in [7, 11) is 0. The molecular weight excluding hydrogens is 280 g/mol. The van der Waals surface area contributed by atoms with E-state index in [-0.39, 0.29) is 11.3 Å². The lowest BCUT2D eigenvalue weighted by Crippen LogP contribution is -2.29. The van der Waals surface area contributed by atoms with Crippen molar-refractivity contribution in [3.63, 3.8) is 0 Å². The Morgan fingerprint density at radius 2 is 1.88 bits per heavy atom. The van der Waals surface area contributed by atoms with Crippen LogP contribution in [0, 0.1) is 0 Å². The third-order valence-electron chi connectivity index (χ3n) is 2.21. The number of alkyl halides is 1. The van der Waals surface area contributed by atoms with Crippen LogP contribution in [0.4, 0.5) is 0 Å². The first kappa shape index (κ1) is 14.6. The van der Waals surface area contributed by atoms with Crippen molar-refractivity contribution >= 4 is 40.7 Å². The molecule has 1 aromatic carbocycles. The molecular formula is C12H14Cl3NO. The van der Waals surface area contributed by atoms with Crippen LogP contribution in [0.2, 0.25) is 10.0 Å². The zero-order chi connectivity index (χ0) is 12.8. The summed E-state index contributed by atoms with van der Waals surface area (Å²) in [5, 5.41) is 3.59. The van der Waals surface area contributed by atoms with Gasteiger partial charge in [0, 0.05) is 22.2 Å². The Labute approximate surface area is 116 Å². The highest BCUT2D eigenvalue weighted by Gasteiger charge is 2.10. The largest absolute Gasteiger partial charge is 0.351 e. The predicted molar refractivity (Wildman–Crippen MR) is 73.3 cm³/mol. The van der Waals surface area contributed by atoms with Crippen molar-refractivity contribution in [2.24, 2.45) is 0 Å². The van der Waals surface area contributed by atoms with Crippen molar-refractivity contribution in [3.8, 4) is 0 Å². The number of carbonyl (C=O) groups is 1.